The van der Waals surface area contributed by atoms with Crippen LogP contribution in [0, 0.1) is 16.0 Å². The zero-order chi connectivity index (χ0) is 14.0. The molecule has 1 aromatic carbocycles. The third-order valence-corrected chi connectivity index (χ3v) is 3.53. The number of benzene rings is 1. The standard InChI is InChI=1S/C13H16N2O4/c1-9-4-6-14(7-5-9)11-3-2-10(13(16)17)8-12(11)15(18)19/h2-3,8-9H,4-7H2,1H3,(H,16,17)/p-1. The van der Waals surface area contributed by atoms with E-state index in [1.54, 1.807) is 0 Å². The normalized spacial score (nSPS) is 16.4. The highest BCUT2D eigenvalue weighted by molar-refractivity contribution is 5.88. The maximum atomic E-state index is 11.1. The SMILES string of the molecule is CC1CCN(c2ccc(C(=O)[O-])cc2[N+](=O)[O-])CC1. The molecule has 0 radical (unpaired) electrons. The predicted octanol–water partition coefficient (Wildman–Crippen LogP) is 1.19. The highest BCUT2D eigenvalue weighted by Gasteiger charge is 2.23. The first-order valence-corrected chi connectivity index (χ1v) is 6.23. The van der Waals surface area contributed by atoms with Crippen LogP contribution in [0.25, 0.3) is 0 Å². The molecule has 0 aromatic heterocycles. The summed E-state index contributed by atoms with van der Waals surface area (Å²) in [6, 6.07) is 3.93. The molecule has 0 spiro atoms. The van der Waals surface area contributed by atoms with E-state index in [4.69, 9.17) is 0 Å². The van der Waals surface area contributed by atoms with Crippen LogP contribution in [0.1, 0.15) is 30.1 Å². The van der Waals surface area contributed by atoms with E-state index < -0.39 is 10.9 Å². The molecule has 1 aliphatic rings. The zero-order valence-corrected chi connectivity index (χ0v) is 10.7. The average molecular weight is 263 g/mol. The zero-order valence-electron chi connectivity index (χ0n) is 10.7. The van der Waals surface area contributed by atoms with Crippen molar-refractivity contribution >= 4 is 17.3 Å². The van der Waals surface area contributed by atoms with Crippen molar-refractivity contribution in [2.24, 2.45) is 5.92 Å². The summed E-state index contributed by atoms with van der Waals surface area (Å²) in [6.45, 7) is 3.67. The molecule has 19 heavy (non-hydrogen) atoms. The molecule has 1 fully saturated rings. The summed E-state index contributed by atoms with van der Waals surface area (Å²) in [4.78, 5) is 23.2. The number of piperidine rings is 1. The summed E-state index contributed by atoms with van der Waals surface area (Å²) in [7, 11) is 0. The van der Waals surface area contributed by atoms with Gasteiger partial charge in [0.2, 0.25) is 0 Å². The molecule has 1 heterocycles. The van der Waals surface area contributed by atoms with Crippen LogP contribution in [0.15, 0.2) is 18.2 Å². The number of hydrogen-bond acceptors (Lipinski definition) is 5. The molecular weight excluding hydrogens is 248 g/mol. The van der Waals surface area contributed by atoms with E-state index in [9.17, 15) is 20.0 Å². The molecule has 0 unspecified atom stereocenters. The van der Waals surface area contributed by atoms with Crippen LogP contribution in [-0.4, -0.2) is 24.0 Å². The van der Waals surface area contributed by atoms with E-state index in [-0.39, 0.29) is 11.3 Å². The van der Waals surface area contributed by atoms with Crippen molar-refractivity contribution < 1.29 is 14.8 Å². The average Bonchev–Trinajstić information content (AvgIpc) is 2.38. The number of carboxylic acid groups (broad SMARTS) is 1. The number of carboxylic acids is 1. The van der Waals surface area contributed by atoms with E-state index in [0.717, 1.165) is 32.0 Å². The van der Waals surface area contributed by atoms with Gasteiger partial charge in [-0.15, -0.1) is 0 Å². The van der Waals surface area contributed by atoms with E-state index in [2.05, 4.69) is 6.92 Å². The number of hydrogen-bond donors (Lipinski definition) is 0. The highest BCUT2D eigenvalue weighted by Crippen LogP contribution is 2.32. The van der Waals surface area contributed by atoms with Crippen LogP contribution in [0.4, 0.5) is 11.4 Å². The van der Waals surface area contributed by atoms with Gasteiger partial charge >= 0.3 is 0 Å². The van der Waals surface area contributed by atoms with Gasteiger partial charge in [-0.1, -0.05) is 13.0 Å². The van der Waals surface area contributed by atoms with Gasteiger partial charge in [-0.2, -0.15) is 0 Å². The molecule has 6 nitrogen and oxygen atoms in total. The number of anilines is 1. The lowest BCUT2D eigenvalue weighted by atomic mass is 9.98. The van der Waals surface area contributed by atoms with Crippen molar-refractivity contribution in [3.63, 3.8) is 0 Å². The maximum Gasteiger partial charge on any atom is 0.293 e. The van der Waals surface area contributed by atoms with Gasteiger partial charge in [0.05, 0.1) is 10.9 Å². The minimum Gasteiger partial charge on any atom is -0.545 e. The Morgan fingerprint density at radius 1 is 1.37 bits per heavy atom. The number of aromatic carboxylic acids is 1. The lowest BCUT2D eigenvalue weighted by Crippen LogP contribution is -2.33. The molecule has 0 aliphatic carbocycles. The predicted molar refractivity (Wildman–Crippen MR) is 68.0 cm³/mol. The molecule has 0 atom stereocenters. The minimum absolute atomic E-state index is 0.166. The van der Waals surface area contributed by atoms with Gasteiger partial charge in [-0.3, -0.25) is 10.1 Å². The molecule has 0 N–H and O–H groups in total. The molecule has 1 aliphatic heterocycles. The Morgan fingerprint density at radius 2 is 2.00 bits per heavy atom. The summed E-state index contributed by atoms with van der Waals surface area (Å²) in [6.07, 6.45) is 1.97. The van der Waals surface area contributed by atoms with Crippen LogP contribution in [-0.2, 0) is 0 Å². The number of carbonyl (C=O) groups is 1. The molecule has 2 rings (SSSR count). The van der Waals surface area contributed by atoms with Crippen molar-refractivity contribution in [2.75, 3.05) is 18.0 Å². The monoisotopic (exact) mass is 263 g/mol. The van der Waals surface area contributed by atoms with E-state index in [0.29, 0.717) is 11.6 Å². The van der Waals surface area contributed by atoms with Crippen LogP contribution in [0.2, 0.25) is 0 Å². The summed E-state index contributed by atoms with van der Waals surface area (Å²) in [5, 5.41) is 21.8. The van der Waals surface area contributed by atoms with Crippen LogP contribution in [0.5, 0.6) is 0 Å². The number of rotatable bonds is 3. The highest BCUT2D eigenvalue weighted by atomic mass is 16.6. The third kappa shape index (κ3) is 2.83. The van der Waals surface area contributed by atoms with Crippen LogP contribution < -0.4 is 10.0 Å². The molecule has 1 saturated heterocycles. The quantitative estimate of drug-likeness (QED) is 0.604. The molecule has 102 valence electrons. The first-order chi connectivity index (χ1) is 8.99. The number of carbonyl (C=O) groups excluding carboxylic acids is 1. The van der Waals surface area contributed by atoms with Gasteiger partial charge < -0.3 is 14.8 Å². The van der Waals surface area contributed by atoms with Gasteiger partial charge in [0.1, 0.15) is 5.69 Å². The summed E-state index contributed by atoms with van der Waals surface area (Å²) >= 11 is 0. The fraction of sp³-hybridized carbons (Fsp3) is 0.462. The van der Waals surface area contributed by atoms with E-state index >= 15 is 0 Å². The number of nitro groups is 1. The van der Waals surface area contributed by atoms with Gasteiger partial charge in [0.15, 0.2) is 0 Å². The summed E-state index contributed by atoms with van der Waals surface area (Å²) in [5.41, 5.74) is 0.152. The Kier molecular flexibility index (Phi) is 3.69. The second-order valence-corrected chi connectivity index (χ2v) is 4.92. The Labute approximate surface area is 110 Å². The second kappa shape index (κ2) is 5.26. The number of nitrogens with zero attached hydrogens (tertiary/aromatic N) is 2. The Morgan fingerprint density at radius 3 is 2.53 bits per heavy atom. The van der Waals surface area contributed by atoms with Gasteiger partial charge in [-0.05, 0) is 24.8 Å². The Bertz CT molecular complexity index is 507. The molecular formula is C13H15N2O4-. The molecule has 0 saturated carbocycles. The van der Waals surface area contributed by atoms with Crippen molar-refractivity contribution in [1.29, 1.82) is 0 Å². The smallest absolute Gasteiger partial charge is 0.293 e. The molecule has 0 bridgehead atoms. The van der Waals surface area contributed by atoms with Gasteiger partial charge in [0, 0.05) is 24.7 Å². The lowest BCUT2D eigenvalue weighted by molar-refractivity contribution is -0.384. The van der Waals surface area contributed by atoms with Crippen molar-refractivity contribution in [1.82, 2.24) is 0 Å². The first-order valence-electron chi connectivity index (χ1n) is 6.23. The largest absolute Gasteiger partial charge is 0.545 e. The van der Waals surface area contributed by atoms with Gasteiger partial charge in [-0.25, -0.2) is 0 Å². The molecule has 6 heteroatoms. The summed E-state index contributed by atoms with van der Waals surface area (Å²) < 4.78 is 0. The van der Waals surface area contributed by atoms with Crippen molar-refractivity contribution in [3.8, 4) is 0 Å². The topological polar surface area (TPSA) is 86.5 Å². The maximum absolute atomic E-state index is 11.1. The van der Waals surface area contributed by atoms with Crippen molar-refractivity contribution in [2.45, 2.75) is 19.8 Å². The minimum atomic E-state index is -1.40. The van der Waals surface area contributed by atoms with E-state index in [1.165, 1.54) is 12.1 Å². The molecule has 1 aromatic rings. The fourth-order valence-corrected chi connectivity index (χ4v) is 2.31. The fourth-order valence-electron chi connectivity index (χ4n) is 2.31. The van der Waals surface area contributed by atoms with Crippen LogP contribution in [0.3, 0.4) is 0 Å². The van der Waals surface area contributed by atoms with Crippen molar-refractivity contribution in [3.05, 3.63) is 33.9 Å². The first kappa shape index (κ1) is 13.3. The Hall–Kier alpha value is -2.11. The second-order valence-electron chi connectivity index (χ2n) is 4.92. The van der Waals surface area contributed by atoms with E-state index in [1.807, 2.05) is 4.90 Å². The lowest BCUT2D eigenvalue weighted by Gasteiger charge is -2.31. The Balaban J connectivity index is 2.34. The molecule has 0 amide bonds. The van der Waals surface area contributed by atoms with Gasteiger partial charge in [0.25, 0.3) is 5.69 Å². The summed E-state index contributed by atoms with van der Waals surface area (Å²) in [5.74, 6) is -0.778. The third-order valence-electron chi connectivity index (χ3n) is 3.53. The number of nitro benzene ring substituents is 1. The van der Waals surface area contributed by atoms with Crippen LogP contribution >= 0.6 is 0 Å².